The van der Waals surface area contributed by atoms with Crippen LogP contribution in [0.2, 0.25) is 0 Å². The van der Waals surface area contributed by atoms with Crippen LogP contribution in [0.25, 0.3) is 0 Å². The number of hydrogen-bond donors (Lipinski definition) is 0. The van der Waals surface area contributed by atoms with E-state index < -0.39 is 6.10 Å². The van der Waals surface area contributed by atoms with Crippen LogP contribution in [-0.4, -0.2) is 37.2 Å². The summed E-state index contributed by atoms with van der Waals surface area (Å²) in [5.74, 6) is -0.944. The minimum absolute atomic E-state index is 0.0965. The molecule has 0 heterocycles. The molecule has 0 spiro atoms. The first kappa shape index (κ1) is 70.6. The Labute approximate surface area is 458 Å². The Bertz CT molecular complexity index is 1420. The van der Waals surface area contributed by atoms with Gasteiger partial charge in [0.1, 0.15) is 13.2 Å². The van der Waals surface area contributed by atoms with Crippen LogP contribution in [0.1, 0.15) is 310 Å². The Morgan fingerprint density at radius 3 is 0.905 bits per heavy atom. The van der Waals surface area contributed by atoms with Crippen molar-refractivity contribution in [1.29, 1.82) is 0 Å². The molecule has 0 fully saturated rings. The van der Waals surface area contributed by atoms with E-state index in [-0.39, 0.29) is 37.5 Å². The third-order valence-electron chi connectivity index (χ3n) is 13.6. The quantitative estimate of drug-likeness (QED) is 0.0261. The highest BCUT2D eigenvalue weighted by molar-refractivity contribution is 5.71. The predicted molar refractivity (Wildman–Crippen MR) is 321 cm³/mol. The van der Waals surface area contributed by atoms with E-state index in [0.717, 1.165) is 103 Å². The van der Waals surface area contributed by atoms with Crippen molar-refractivity contribution in [3.63, 3.8) is 0 Å². The minimum Gasteiger partial charge on any atom is -0.462 e. The second kappa shape index (κ2) is 62.1. The molecule has 0 bridgehead atoms. The summed E-state index contributed by atoms with van der Waals surface area (Å²) in [6.45, 7) is 6.46. The Morgan fingerprint density at radius 1 is 0.284 bits per heavy atom. The highest BCUT2D eigenvalue weighted by atomic mass is 16.6. The molecule has 1 atom stereocenters. The number of unbranched alkanes of at least 4 members (excludes halogenated alkanes) is 32. The number of rotatable bonds is 57. The van der Waals surface area contributed by atoms with Gasteiger partial charge in [0.25, 0.3) is 0 Å². The topological polar surface area (TPSA) is 78.9 Å². The summed E-state index contributed by atoms with van der Waals surface area (Å²) < 4.78 is 16.9. The summed E-state index contributed by atoms with van der Waals surface area (Å²) in [5, 5.41) is 0. The van der Waals surface area contributed by atoms with Crippen LogP contribution >= 0.6 is 0 Å². The molecule has 0 N–H and O–H groups in total. The molecule has 426 valence electrons. The second-order valence-electron chi connectivity index (χ2n) is 20.9. The number of ether oxygens (including phenoxy) is 3. The zero-order valence-corrected chi connectivity index (χ0v) is 48.8. The van der Waals surface area contributed by atoms with Gasteiger partial charge in [-0.15, -0.1) is 0 Å². The van der Waals surface area contributed by atoms with Crippen LogP contribution in [0.15, 0.2) is 85.1 Å². The van der Waals surface area contributed by atoms with Crippen LogP contribution in [0, 0.1) is 0 Å². The molecule has 0 aliphatic rings. The van der Waals surface area contributed by atoms with Gasteiger partial charge in [-0.1, -0.05) is 266 Å². The standard InChI is InChI=1S/C68H118O6/c1-4-7-10-13-16-19-22-25-28-29-30-31-32-33-34-35-36-37-38-39-41-43-46-49-52-55-58-61-67(70)73-64-65(63-72-66(69)60-57-54-51-48-45-42-27-24-21-18-15-12-9-6-3)74-68(71)62-59-56-53-50-47-44-40-26-23-20-17-14-11-8-5-2/h8,11,15,17-18,20,24,26-27,29-30,40,47,50,65H,4-7,9-10,12-14,16,19,21-23,25,28,31-39,41-46,48-49,51-64H2,1-3H3/b11-8-,18-15-,20-17-,27-24-,30-29-,40-26-,50-47-. The largest absolute Gasteiger partial charge is 0.462 e. The van der Waals surface area contributed by atoms with Gasteiger partial charge in [0, 0.05) is 19.3 Å². The van der Waals surface area contributed by atoms with Crippen LogP contribution in [0.4, 0.5) is 0 Å². The van der Waals surface area contributed by atoms with Gasteiger partial charge in [-0.2, -0.15) is 0 Å². The van der Waals surface area contributed by atoms with Crippen molar-refractivity contribution in [3.05, 3.63) is 85.1 Å². The number of allylic oxidation sites excluding steroid dienone is 14. The van der Waals surface area contributed by atoms with Crippen LogP contribution in [0.5, 0.6) is 0 Å². The number of carbonyl (C=O) groups excluding carboxylic acids is 3. The number of esters is 3. The highest BCUT2D eigenvalue weighted by Crippen LogP contribution is 2.16. The van der Waals surface area contributed by atoms with E-state index in [1.165, 1.54) is 161 Å². The molecule has 0 saturated carbocycles. The summed E-state index contributed by atoms with van der Waals surface area (Å²) in [6, 6.07) is 0. The normalized spacial score (nSPS) is 12.6. The molecule has 6 heteroatoms. The first-order chi connectivity index (χ1) is 36.5. The van der Waals surface area contributed by atoms with Crippen molar-refractivity contribution in [3.8, 4) is 0 Å². The van der Waals surface area contributed by atoms with E-state index in [1.54, 1.807) is 0 Å². The summed E-state index contributed by atoms with van der Waals surface area (Å²) in [6.07, 6.45) is 81.8. The molecule has 1 unspecified atom stereocenters. The monoisotopic (exact) mass is 1030 g/mol. The molecule has 0 aromatic rings. The lowest BCUT2D eigenvalue weighted by Crippen LogP contribution is -2.30. The molecular weight excluding hydrogens is 913 g/mol. The highest BCUT2D eigenvalue weighted by Gasteiger charge is 2.19. The molecule has 74 heavy (non-hydrogen) atoms. The number of carbonyl (C=O) groups is 3. The molecule has 6 nitrogen and oxygen atoms in total. The van der Waals surface area contributed by atoms with Gasteiger partial charge in [0.15, 0.2) is 6.10 Å². The van der Waals surface area contributed by atoms with E-state index in [2.05, 4.69) is 106 Å². The molecule has 0 amide bonds. The fourth-order valence-corrected chi connectivity index (χ4v) is 8.86. The molecule has 0 rings (SSSR count). The zero-order chi connectivity index (χ0) is 53.6. The summed E-state index contributed by atoms with van der Waals surface area (Å²) in [5.41, 5.74) is 0. The third kappa shape index (κ3) is 59.5. The van der Waals surface area contributed by atoms with Gasteiger partial charge < -0.3 is 14.2 Å². The zero-order valence-electron chi connectivity index (χ0n) is 48.8. The maximum Gasteiger partial charge on any atom is 0.306 e. The van der Waals surface area contributed by atoms with E-state index in [4.69, 9.17) is 14.2 Å². The fourth-order valence-electron chi connectivity index (χ4n) is 8.86. The lowest BCUT2D eigenvalue weighted by Gasteiger charge is -2.18. The Balaban J connectivity index is 4.28. The average Bonchev–Trinajstić information content (AvgIpc) is 3.40. The van der Waals surface area contributed by atoms with Gasteiger partial charge in [-0.3, -0.25) is 14.4 Å². The molecule has 0 aliphatic carbocycles. The SMILES string of the molecule is CC/C=C\C/C=C\C/C=C\C/C=C\CCCCC(=O)OC(COC(=O)CCCCCCC/C=C\C/C=C\CCCC)COC(=O)CCCCCCCCCCCCCCCCC/C=C\CCCCCCCCCC. The molecule has 0 saturated heterocycles. The van der Waals surface area contributed by atoms with Gasteiger partial charge >= 0.3 is 17.9 Å². The van der Waals surface area contributed by atoms with Crippen molar-refractivity contribution in [2.75, 3.05) is 13.2 Å². The molecule has 0 aliphatic heterocycles. The van der Waals surface area contributed by atoms with E-state index in [1.807, 2.05) is 0 Å². The Morgan fingerprint density at radius 2 is 0.541 bits per heavy atom. The molecule has 0 aromatic carbocycles. The van der Waals surface area contributed by atoms with Gasteiger partial charge in [0.05, 0.1) is 0 Å². The average molecular weight is 1030 g/mol. The lowest BCUT2D eigenvalue weighted by molar-refractivity contribution is -0.167. The fraction of sp³-hybridized carbons (Fsp3) is 0.750. The third-order valence-corrected chi connectivity index (χ3v) is 13.6. The van der Waals surface area contributed by atoms with Crippen LogP contribution in [0.3, 0.4) is 0 Å². The molecular formula is C68H118O6. The van der Waals surface area contributed by atoms with E-state index >= 15 is 0 Å². The van der Waals surface area contributed by atoms with Gasteiger partial charge in [-0.25, -0.2) is 0 Å². The van der Waals surface area contributed by atoms with E-state index in [9.17, 15) is 14.4 Å². The van der Waals surface area contributed by atoms with Crippen molar-refractivity contribution in [1.82, 2.24) is 0 Å². The second-order valence-corrected chi connectivity index (χ2v) is 20.9. The van der Waals surface area contributed by atoms with Crippen molar-refractivity contribution in [2.24, 2.45) is 0 Å². The number of hydrogen-bond acceptors (Lipinski definition) is 6. The maximum absolute atomic E-state index is 12.9. The summed E-state index contributed by atoms with van der Waals surface area (Å²) in [7, 11) is 0. The predicted octanol–water partition coefficient (Wildman–Crippen LogP) is 21.5. The minimum atomic E-state index is -0.804. The van der Waals surface area contributed by atoms with Crippen molar-refractivity contribution < 1.29 is 28.6 Å². The maximum atomic E-state index is 12.9. The first-order valence-corrected chi connectivity index (χ1v) is 31.6. The smallest absolute Gasteiger partial charge is 0.306 e. The van der Waals surface area contributed by atoms with E-state index in [0.29, 0.717) is 19.3 Å². The van der Waals surface area contributed by atoms with Crippen LogP contribution < -0.4 is 0 Å². The Hall–Kier alpha value is -3.41. The van der Waals surface area contributed by atoms with Gasteiger partial charge in [-0.05, 0) is 109 Å². The summed E-state index contributed by atoms with van der Waals surface area (Å²) >= 11 is 0. The lowest BCUT2D eigenvalue weighted by atomic mass is 10.0. The Kier molecular flexibility index (Phi) is 59.3. The molecule has 0 radical (unpaired) electrons. The van der Waals surface area contributed by atoms with Crippen LogP contribution in [-0.2, 0) is 28.6 Å². The first-order valence-electron chi connectivity index (χ1n) is 31.6. The molecule has 0 aromatic heterocycles. The van der Waals surface area contributed by atoms with Crippen molar-refractivity contribution >= 4 is 17.9 Å². The van der Waals surface area contributed by atoms with Crippen molar-refractivity contribution in [2.45, 2.75) is 316 Å². The summed E-state index contributed by atoms with van der Waals surface area (Å²) in [4.78, 5) is 38.2. The van der Waals surface area contributed by atoms with Gasteiger partial charge in [0.2, 0.25) is 0 Å².